The van der Waals surface area contributed by atoms with Crippen molar-refractivity contribution in [2.75, 3.05) is 32.1 Å². The van der Waals surface area contributed by atoms with Crippen LogP contribution in [0.5, 0.6) is 5.88 Å². The van der Waals surface area contributed by atoms with Gasteiger partial charge in [0.15, 0.2) is 11.6 Å². The number of methoxy groups -OCH3 is 1. The number of halogens is 1. The first-order valence-electron chi connectivity index (χ1n) is 9.58. The average Bonchev–Trinajstić information content (AvgIpc) is 3.26. The van der Waals surface area contributed by atoms with Gasteiger partial charge in [-0.3, -0.25) is 4.79 Å². The van der Waals surface area contributed by atoms with Crippen LogP contribution in [0.15, 0.2) is 36.4 Å². The SMILES string of the molecule is COc1nc(N(C)CCc2ccccc2)c(F)cc1CNC(=O)[C@@H]1CCCN1. The molecule has 1 amide bonds. The number of likely N-dealkylation sites (N-methyl/N-ethyl adjacent to an activating group) is 1. The quantitative estimate of drug-likeness (QED) is 0.729. The predicted molar refractivity (Wildman–Crippen MR) is 107 cm³/mol. The second kappa shape index (κ2) is 9.50. The number of amides is 1. The van der Waals surface area contributed by atoms with Crippen molar-refractivity contribution in [3.63, 3.8) is 0 Å². The van der Waals surface area contributed by atoms with E-state index >= 15 is 0 Å². The van der Waals surface area contributed by atoms with Gasteiger partial charge in [0.2, 0.25) is 11.8 Å². The molecule has 3 rings (SSSR count). The van der Waals surface area contributed by atoms with Gasteiger partial charge < -0.3 is 20.3 Å². The summed E-state index contributed by atoms with van der Waals surface area (Å²) in [5.41, 5.74) is 1.70. The highest BCUT2D eigenvalue weighted by molar-refractivity contribution is 5.82. The van der Waals surface area contributed by atoms with Gasteiger partial charge in [-0.2, -0.15) is 4.98 Å². The highest BCUT2D eigenvalue weighted by Gasteiger charge is 2.22. The van der Waals surface area contributed by atoms with Gasteiger partial charge >= 0.3 is 0 Å². The summed E-state index contributed by atoms with van der Waals surface area (Å²) in [6.07, 6.45) is 2.59. The Labute approximate surface area is 165 Å². The molecule has 2 heterocycles. The molecule has 150 valence electrons. The lowest BCUT2D eigenvalue weighted by Gasteiger charge is -2.21. The molecule has 0 bridgehead atoms. The Morgan fingerprint density at radius 3 is 2.86 bits per heavy atom. The maximum atomic E-state index is 14.7. The Balaban J connectivity index is 1.65. The number of aromatic nitrogens is 1. The molecule has 1 aliphatic heterocycles. The summed E-state index contributed by atoms with van der Waals surface area (Å²) in [4.78, 5) is 18.3. The van der Waals surface area contributed by atoms with E-state index in [1.54, 1.807) is 11.9 Å². The molecule has 0 unspecified atom stereocenters. The van der Waals surface area contributed by atoms with E-state index in [-0.39, 0.29) is 24.3 Å². The molecule has 0 spiro atoms. The summed E-state index contributed by atoms with van der Waals surface area (Å²) >= 11 is 0. The fraction of sp³-hybridized carbons (Fsp3) is 0.429. The first-order valence-corrected chi connectivity index (χ1v) is 9.58. The highest BCUT2D eigenvalue weighted by Crippen LogP contribution is 2.24. The van der Waals surface area contributed by atoms with E-state index in [1.807, 2.05) is 30.3 Å². The Bertz CT molecular complexity index is 794. The normalized spacial score (nSPS) is 16.0. The molecule has 6 nitrogen and oxygen atoms in total. The number of anilines is 1. The third-order valence-corrected chi connectivity index (χ3v) is 4.96. The minimum Gasteiger partial charge on any atom is -0.481 e. The van der Waals surface area contributed by atoms with E-state index in [4.69, 9.17) is 4.74 Å². The van der Waals surface area contributed by atoms with Crippen LogP contribution in [-0.4, -0.2) is 44.2 Å². The topological polar surface area (TPSA) is 66.5 Å². The summed E-state index contributed by atoms with van der Waals surface area (Å²) in [7, 11) is 3.30. The van der Waals surface area contributed by atoms with E-state index < -0.39 is 5.82 Å². The number of carbonyl (C=O) groups is 1. The van der Waals surface area contributed by atoms with Gasteiger partial charge in [-0.25, -0.2) is 4.39 Å². The maximum Gasteiger partial charge on any atom is 0.237 e. The molecule has 28 heavy (non-hydrogen) atoms. The number of nitrogens with zero attached hydrogens (tertiary/aromatic N) is 2. The highest BCUT2D eigenvalue weighted by atomic mass is 19.1. The lowest BCUT2D eigenvalue weighted by Crippen LogP contribution is -2.40. The molecule has 1 aliphatic rings. The Hall–Kier alpha value is -2.67. The lowest BCUT2D eigenvalue weighted by molar-refractivity contribution is -0.122. The van der Waals surface area contributed by atoms with E-state index in [0.717, 1.165) is 25.8 Å². The van der Waals surface area contributed by atoms with Crippen molar-refractivity contribution in [1.82, 2.24) is 15.6 Å². The summed E-state index contributed by atoms with van der Waals surface area (Å²) in [6.45, 7) is 1.65. The van der Waals surface area contributed by atoms with E-state index in [2.05, 4.69) is 15.6 Å². The summed E-state index contributed by atoms with van der Waals surface area (Å²) in [5.74, 6) is 0.0478. The molecule has 1 fully saturated rings. The van der Waals surface area contributed by atoms with Crippen molar-refractivity contribution < 1.29 is 13.9 Å². The van der Waals surface area contributed by atoms with Crippen LogP contribution in [0.3, 0.4) is 0 Å². The second-order valence-electron chi connectivity index (χ2n) is 6.99. The molecule has 0 saturated carbocycles. The van der Waals surface area contributed by atoms with Crippen LogP contribution in [0, 0.1) is 5.82 Å². The number of ether oxygens (including phenoxy) is 1. The zero-order valence-corrected chi connectivity index (χ0v) is 16.4. The van der Waals surface area contributed by atoms with Gasteiger partial charge in [-0.15, -0.1) is 0 Å². The standard InChI is InChI=1S/C21H27FN4O2/c1-26(12-10-15-7-4-3-5-8-15)19-17(22)13-16(21(25-19)28-2)14-24-20(27)18-9-6-11-23-18/h3-5,7-8,13,18,23H,6,9-12,14H2,1-2H3,(H,24,27)/t18-/m0/s1. The van der Waals surface area contributed by atoms with Crippen molar-refractivity contribution in [2.45, 2.75) is 31.8 Å². The van der Waals surface area contributed by atoms with Crippen molar-refractivity contribution in [2.24, 2.45) is 0 Å². The van der Waals surface area contributed by atoms with Gasteiger partial charge in [0.1, 0.15) is 0 Å². The molecule has 1 atom stereocenters. The van der Waals surface area contributed by atoms with Crippen molar-refractivity contribution >= 4 is 11.7 Å². The van der Waals surface area contributed by atoms with E-state index in [9.17, 15) is 9.18 Å². The molecule has 0 radical (unpaired) electrons. The maximum absolute atomic E-state index is 14.7. The minimum absolute atomic E-state index is 0.0796. The van der Waals surface area contributed by atoms with Crippen molar-refractivity contribution in [3.05, 3.63) is 53.3 Å². The molecule has 7 heteroatoms. The Morgan fingerprint density at radius 1 is 1.39 bits per heavy atom. The minimum atomic E-state index is -0.431. The first kappa shape index (κ1) is 20.1. The van der Waals surface area contributed by atoms with Crippen LogP contribution < -0.4 is 20.3 Å². The Morgan fingerprint density at radius 2 is 2.18 bits per heavy atom. The van der Waals surface area contributed by atoms with Crippen molar-refractivity contribution in [1.29, 1.82) is 0 Å². The molecular weight excluding hydrogens is 359 g/mol. The smallest absolute Gasteiger partial charge is 0.237 e. The second-order valence-corrected chi connectivity index (χ2v) is 6.99. The van der Waals surface area contributed by atoms with Gasteiger partial charge in [-0.05, 0) is 37.4 Å². The number of benzene rings is 1. The third kappa shape index (κ3) is 4.98. The fourth-order valence-electron chi connectivity index (χ4n) is 3.33. The van der Waals surface area contributed by atoms with Crippen LogP contribution in [0.4, 0.5) is 10.2 Å². The van der Waals surface area contributed by atoms with Crippen LogP contribution >= 0.6 is 0 Å². The molecular formula is C21H27FN4O2. The third-order valence-electron chi connectivity index (χ3n) is 4.96. The zero-order chi connectivity index (χ0) is 19.9. The predicted octanol–water partition coefficient (Wildman–Crippen LogP) is 2.28. The molecule has 2 aromatic rings. The molecule has 0 aliphatic carbocycles. The number of nitrogens with one attached hydrogen (secondary N) is 2. The van der Waals surface area contributed by atoms with Gasteiger partial charge in [0.25, 0.3) is 0 Å². The number of hydrogen-bond acceptors (Lipinski definition) is 5. The Kier molecular flexibility index (Phi) is 6.81. The van der Waals surface area contributed by atoms with Gasteiger partial charge in [-0.1, -0.05) is 30.3 Å². The molecule has 2 N–H and O–H groups in total. The zero-order valence-electron chi connectivity index (χ0n) is 16.4. The van der Waals surface area contributed by atoms with Crippen molar-refractivity contribution in [3.8, 4) is 5.88 Å². The largest absolute Gasteiger partial charge is 0.481 e. The summed E-state index contributed by atoms with van der Waals surface area (Å²) in [5, 5.41) is 5.98. The molecule has 1 saturated heterocycles. The fourth-order valence-corrected chi connectivity index (χ4v) is 3.33. The van der Waals surface area contributed by atoms with Crippen LogP contribution in [0.1, 0.15) is 24.0 Å². The monoisotopic (exact) mass is 386 g/mol. The van der Waals surface area contributed by atoms with Crippen LogP contribution in [0.2, 0.25) is 0 Å². The lowest BCUT2D eigenvalue weighted by atomic mass is 10.1. The molecule has 1 aromatic heterocycles. The molecule has 1 aromatic carbocycles. The number of pyridine rings is 1. The number of carbonyl (C=O) groups excluding carboxylic acids is 1. The first-order chi connectivity index (χ1) is 13.6. The van der Waals surface area contributed by atoms with Crippen LogP contribution in [-0.2, 0) is 17.8 Å². The number of rotatable bonds is 8. The number of hydrogen-bond donors (Lipinski definition) is 2. The van der Waals surface area contributed by atoms with Crippen LogP contribution in [0.25, 0.3) is 0 Å². The summed E-state index contributed by atoms with van der Waals surface area (Å²) in [6, 6.07) is 11.3. The summed E-state index contributed by atoms with van der Waals surface area (Å²) < 4.78 is 20.0. The van der Waals surface area contributed by atoms with E-state index in [0.29, 0.717) is 18.0 Å². The van der Waals surface area contributed by atoms with Gasteiger partial charge in [0, 0.05) is 25.7 Å². The average molecular weight is 386 g/mol. The van der Waals surface area contributed by atoms with Gasteiger partial charge in [0.05, 0.1) is 13.2 Å². The van der Waals surface area contributed by atoms with E-state index in [1.165, 1.54) is 18.7 Å².